The van der Waals surface area contributed by atoms with Crippen LogP contribution < -0.4 is 14.8 Å². The number of ether oxygens (including phenoxy) is 2. The second-order valence-electron chi connectivity index (χ2n) is 6.87. The maximum atomic E-state index is 12.1. The molecule has 0 spiro atoms. The lowest BCUT2D eigenvalue weighted by Gasteiger charge is -2.13. The van der Waals surface area contributed by atoms with Gasteiger partial charge in [-0.1, -0.05) is 0 Å². The highest BCUT2D eigenvalue weighted by Gasteiger charge is 2.32. The van der Waals surface area contributed by atoms with E-state index in [4.69, 9.17) is 9.47 Å². The first kappa shape index (κ1) is 21.2. The Morgan fingerprint density at radius 2 is 1.60 bits per heavy atom. The van der Waals surface area contributed by atoms with E-state index < -0.39 is 0 Å². The number of urea groups is 1. The Morgan fingerprint density at radius 1 is 1.00 bits per heavy atom. The third kappa shape index (κ3) is 5.50. The minimum atomic E-state index is -0.316. The summed E-state index contributed by atoms with van der Waals surface area (Å²) in [6, 6.07) is 14.1. The van der Waals surface area contributed by atoms with Crippen molar-refractivity contribution in [2.24, 2.45) is 0 Å². The van der Waals surface area contributed by atoms with Crippen molar-refractivity contribution in [3.63, 3.8) is 0 Å². The number of nitrogens with one attached hydrogen (secondary N) is 1. The van der Waals surface area contributed by atoms with Gasteiger partial charge in [0.2, 0.25) is 11.8 Å². The van der Waals surface area contributed by atoms with Crippen LogP contribution in [-0.4, -0.2) is 54.4 Å². The van der Waals surface area contributed by atoms with Crippen molar-refractivity contribution in [2.75, 3.05) is 32.1 Å². The Kier molecular flexibility index (Phi) is 6.90. The van der Waals surface area contributed by atoms with Crippen molar-refractivity contribution in [3.8, 4) is 17.2 Å². The fourth-order valence-electron chi connectivity index (χ4n) is 3.02. The molecule has 0 saturated carbocycles. The Hall–Kier alpha value is -3.55. The van der Waals surface area contributed by atoms with E-state index in [-0.39, 0.29) is 37.4 Å². The lowest BCUT2D eigenvalue weighted by atomic mass is 10.2. The minimum Gasteiger partial charge on any atom is -0.494 e. The van der Waals surface area contributed by atoms with Crippen molar-refractivity contribution in [1.82, 2.24) is 9.80 Å². The molecule has 8 heteroatoms. The summed E-state index contributed by atoms with van der Waals surface area (Å²) in [5, 5.41) is 2.80. The van der Waals surface area contributed by atoms with Crippen molar-refractivity contribution >= 4 is 23.5 Å². The van der Waals surface area contributed by atoms with Gasteiger partial charge in [-0.25, -0.2) is 4.79 Å². The first-order valence-corrected chi connectivity index (χ1v) is 9.82. The third-order valence-corrected chi connectivity index (χ3v) is 4.53. The van der Waals surface area contributed by atoms with E-state index in [0.29, 0.717) is 30.2 Å². The summed E-state index contributed by atoms with van der Waals surface area (Å²) in [4.78, 5) is 38.2. The summed E-state index contributed by atoms with van der Waals surface area (Å²) in [6.45, 7) is 2.87. The second kappa shape index (κ2) is 9.78. The van der Waals surface area contributed by atoms with Gasteiger partial charge >= 0.3 is 6.03 Å². The molecule has 1 saturated heterocycles. The number of rotatable bonds is 9. The summed E-state index contributed by atoms with van der Waals surface area (Å²) in [5.41, 5.74) is 0.645. The number of nitrogens with zero attached hydrogens (tertiary/aromatic N) is 2. The maximum absolute atomic E-state index is 12.1. The highest BCUT2D eigenvalue weighted by Crippen LogP contribution is 2.25. The number of hydrogen-bond acceptors (Lipinski definition) is 5. The number of carbonyl (C=O) groups is 3. The molecule has 0 aliphatic carbocycles. The number of amides is 4. The van der Waals surface area contributed by atoms with Gasteiger partial charge in [0, 0.05) is 25.7 Å². The van der Waals surface area contributed by atoms with Crippen LogP contribution in [0.3, 0.4) is 0 Å². The number of anilines is 1. The third-order valence-electron chi connectivity index (χ3n) is 4.53. The fourth-order valence-corrected chi connectivity index (χ4v) is 3.02. The number of imide groups is 1. The first-order valence-electron chi connectivity index (χ1n) is 9.82. The first-order chi connectivity index (χ1) is 14.5. The molecule has 2 aromatic rings. The average Bonchev–Trinajstić information content (AvgIpc) is 2.97. The van der Waals surface area contributed by atoms with Crippen LogP contribution in [0.5, 0.6) is 17.2 Å². The summed E-state index contributed by atoms with van der Waals surface area (Å²) in [6.07, 6.45) is 0.626. The molecule has 8 nitrogen and oxygen atoms in total. The van der Waals surface area contributed by atoms with Crippen LogP contribution in [-0.2, 0) is 9.59 Å². The van der Waals surface area contributed by atoms with Gasteiger partial charge < -0.3 is 19.7 Å². The summed E-state index contributed by atoms with van der Waals surface area (Å²) >= 11 is 0. The van der Waals surface area contributed by atoms with E-state index in [0.717, 1.165) is 5.75 Å². The molecule has 4 amide bonds. The zero-order valence-electron chi connectivity index (χ0n) is 17.1. The number of hydrogen-bond donors (Lipinski definition) is 1. The standard InChI is InChI=1S/C22H25N3O5/c1-3-29-17-10-12-19(13-11-17)30-18-8-6-16(7-9-18)23-20(26)5-4-14-25-21(27)15-24(2)22(25)28/h6-13H,3-5,14-15H2,1-2H3,(H,23,26). The quantitative estimate of drug-likeness (QED) is 0.638. The summed E-state index contributed by atoms with van der Waals surface area (Å²) < 4.78 is 11.2. The van der Waals surface area contributed by atoms with E-state index in [1.807, 2.05) is 31.2 Å². The largest absolute Gasteiger partial charge is 0.494 e. The van der Waals surface area contributed by atoms with Crippen molar-refractivity contribution in [2.45, 2.75) is 19.8 Å². The van der Waals surface area contributed by atoms with Crippen LogP contribution in [0.1, 0.15) is 19.8 Å². The van der Waals surface area contributed by atoms with Gasteiger partial charge in [-0.05, 0) is 61.9 Å². The molecular formula is C22H25N3O5. The zero-order chi connectivity index (χ0) is 21.5. The highest BCUT2D eigenvalue weighted by molar-refractivity contribution is 6.01. The molecule has 158 valence electrons. The SMILES string of the molecule is CCOc1ccc(Oc2ccc(NC(=O)CCCN3C(=O)CN(C)C3=O)cc2)cc1. The van der Waals surface area contributed by atoms with Crippen LogP contribution in [0.25, 0.3) is 0 Å². The average molecular weight is 411 g/mol. The molecule has 1 aliphatic rings. The molecule has 0 bridgehead atoms. The van der Waals surface area contributed by atoms with Gasteiger partial charge in [0.1, 0.15) is 23.8 Å². The molecule has 0 atom stereocenters. The number of carbonyl (C=O) groups excluding carboxylic acids is 3. The minimum absolute atomic E-state index is 0.0934. The van der Waals surface area contributed by atoms with E-state index in [9.17, 15) is 14.4 Å². The molecule has 1 aliphatic heterocycles. The van der Waals surface area contributed by atoms with Gasteiger partial charge in [0.15, 0.2) is 0 Å². The lowest BCUT2D eigenvalue weighted by molar-refractivity contribution is -0.125. The smallest absolute Gasteiger partial charge is 0.326 e. The summed E-state index contributed by atoms with van der Waals surface area (Å²) in [5.74, 6) is 1.71. The zero-order valence-corrected chi connectivity index (χ0v) is 17.1. The van der Waals surface area contributed by atoms with Gasteiger partial charge in [-0.2, -0.15) is 0 Å². The van der Waals surface area contributed by atoms with Crippen LogP contribution in [0, 0.1) is 0 Å². The van der Waals surface area contributed by atoms with Gasteiger partial charge in [0.25, 0.3) is 0 Å². The lowest BCUT2D eigenvalue weighted by Crippen LogP contribution is -2.32. The predicted octanol–water partition coefficient (Wildman–Crippen LogP) is 3.49. The Morgan fingerprint density at radius 3 is 2.17 bits per heavy atom. The Bertz CT molecular complexity index is 896. The van der Waals surface area contributed by atoms with Crippen LogP contribution in [0.2, 0.25) is 0 Å². The van der Waals surface area contributed by atoms with Crippen LogP contribution in [0.4, 0.5) is 10.5 Å². The Labute approximate surface area is 175 Å². The molecule has 0 unspecified atom stereocenters. The van der Waals surface area contributed by atoms with E-state index in [2.05, 4.69) is 5.32 Å². The van der Waals surface area contributed by atoms with Gasteiger partial charge in [-0.3, -0.25) is 14.5 Å². The monoisotopic (exact) mass is 411 g/mol. The molecule has 0 aromatic heterocycles. The fraction of sp³-hybridized carbons (Fsp3) is 0.318. The molecular weight excluding hydrogens is 386 g/mol. The molecule has 1 heterocycles. The molecule has 1 fully saturated rings. The van der Waals surface area contributed by atoms with Crippen LogP contribution in [0.15, 0.2) is 48.5 Å². The van der Waals surface area contributed by atoms with E-state index in [1.165, 1.54) is 9.80 Å². The number of benzene rings is 2. The van der Waals surface area contributed by atoms with Crippen molar-refractivity contribution < 1.29 is 23.9 Å². The normalized spacial score (nSPS) is 13.5. The number of likely N-dealkylation sites (N-methyl/N-ethyl adjacent to an activating group) is 1. The van der Waals surface area contributed by atoms with E-state index in [1.54, 1.807) is 31.3 Å². The van der Waals surface area contributed by atoms with E-state index >= 15 is 0 Å². The molecule has 3 rings (SSSR count). The molecule has 2 aromatic carbocycles. The Balaban J connectivity index is 1.44. The molecule has 1 N–H and O–H groups in total. The summed E-state index contributed by atoms with van der Waals surface area (Å²) in [7, 11) is 1.58. The van der Waals surface area contributed by atoms with Gasteiger partial charge in [0.05, 0.1) is 6.61 Å². The second-order valence-corrected chi connectivity index (χ2v) is 6.87. The predicted molar refractivity (Wildman–Crippen MR) is 112 cm³/mol. The molecule has 0 radical (unpaired) electrons. The highest BCUT2D eigenvalue weighted by atomic mass is 16.5. The van der Waals surface area contributed by atoms with Crippen molar-refractivity contribution in [1.29, 1.82) is 0 Å². The van der Waals surface area contributed by atoms with Crippen LogP contribution >= 0.6 is 0 Å². The molecule has 30 heavy (non-hydrogen) atoms. The van der Waals surface area contributed by atoms with Gasteiger partial charge in [-0.15, -0.1) is 0 Å². The maximum Gasteiger partial charge on any atom is 0.326 e. The topological polar surface area (TPSA) is 88.2 Å². The van der Waals surface area contributed by atoms with Crippen molar-refractivity contribution in [3.05, 3.63) is 48.5 Å².